The lowest BCUT2D eigenvalue weighted by molar-refractivity contribution is 0.288. The van der Waals surface area contributed by atoms with Gasteiger partial charge in [-0.05, 0) is 72.3 Å². The first-order valence-electron chi connectivity index (χ1n) is 7.65. The summed E-state index contributed by atoms with van der Waals surface area (Å²) < 4.78 is 40.2. The van der Waals surface area contributed by atoms with E-state index in [-0.39, 0.29) is 21.8 Å². The quantitative estimate of drug-likeness (QED) is 0.785. The summed E-state index contributed by atoms with van der Waals surface area (Å²) in [5.74, 6) is 0.380. The SMILES string of the molecule is Cl.O=S(=O)(c1ccc(F)cc1Br)N1CCC(NCC2CC2)CC1. The minimum absolute atomic E-state index is 0. The van der Waals surface area contributed by atoms with Gasteiger partial charge in [0.25, 0.3) is 0 Å². The lowest BCUT2D eigenvalue weighted by atomic mass is 10.1. The number of nitrogens with one attached hydrogen (secondary N) is 1. The van der Waals surface area contributed by atoms with Crippen LogP contribution in [0.3, 0.4) is 0 Å². The van der Waals surface area contributed by atoms with Crippen LogP contribution in [0.5, 0.6) is 0 Å². The number of nitrogens with zero attached hydrogens (tertiary/aromatic N) is 1. The molecule has 0 unspecified atom stereocenters. The van der Waals surface area contributed by atoms with Crippen LogP contribution in [-0.2, 0) is 10.0 Å². The van der Waals surface area contributed by atoms with Gasteiger partial charge >= 0.3 is 0 Å². The van der Waals surface area contributed by atoms with E-state index in [2.05, 4.69) is 21.2 Å². The summed E-state index contributed by atoms with van der Waals surface area (Å²) in [7, 11) is -3.56. The van der Waals surface area contributed by atoms with E-state index in [0.717, 1.165) is 25.3 Å². The highest BCUT2D eigenvalue weighted by molar-refractivity contribution is 9.10. The molecule has 0 aromatic heterocycles. The van der Waals surface area contributed by atoms with E-state index in [4.69, 9.17) is 0 Å². The Morgan fingerprint density at radius 3 is 2.43 bits per heavy atom. The molecule has 1 N–H and O–H groups in total. The van der Waals surface area contributed by atoms with Crippen LogP contribution in [0.15, 0.2) is 27.6 Å². The van der Waals surface area contributed by atoms with Gasteiger partial charge in [-0.25, -0.2) is 12.8 Å². The summed E-state index contributed by atoms with van der Waals surface area (Å²) in [5, 5.41) is 3.53. The fourth-order valence-electron chi connectivity index (χ4n) is 2.78. The lowest BCUT2D eigenvalue weighted by Crippen LogP contribution is -2.45. The van der Waals surface area contributed by atoms with E-state index in [1.807, 2.05) is 0 Å². The van der Waals surface area contributed by atoms with Crippen molar-refractivity contribution >= 4 is 38.4 Å². The third-order valence-corrected chi connectivity index (χ3v) is 7.23. The van der Waals surface area contributed by atoms with Crippen LogP contribution in [0.1, 0.15) is 25.7 Å². The van der Waals surface area contributed by atoms with Crippen molar-refractivity contribution in [2.24, 2.45) is 5.92 Å². The number of hydrogen-bond donors (Lipinski definition) is 1. The molecule has 0 amide bonds. The summed E-state index contributed by atoms with van der Waals surface area (Å²) in [6.07, 6.45) is 4.28. The first-order valence-corrected chi connectivity index (χ1v) is 9.89. The van der Waals surface area contributed by atoms with Gasteiger partial charge in [-0.1, -0.05) is 0 Å². The highest BCUT2D eigenvalue weighted by Crippen LogP contribution is 2.29. The smallest absolute Gasteiger partial charge is 0.244 e. The van der Waals surface area contributed by atoms with E-state index < -0.39 is 15.8 Å². The standard InChI is InChI=1S/C15H20BrFN2O2S.ClH/c16-14-9-12(17)3-4-15(14)22(20,21)19-7-5-13(6-8-19)18-10-11-1-2-11;/h3-4,9,11,13,18H,1-2,5-8,10H2;1H. The average Bonchev–Trinajstić information content (AvgIpc) is 3.29. The number of benzene rings is 1. The Morgan fingerprint density at radius 1 is 1.22 bits per heavy atom. The van der Waals surface area contributed by atoms with Crippen molar-refractivity contribution in [3.8, 4) is 0 Å². The van der Waals surface area contributed by atoms with Gasteiger partial charge in [-0.15, -0.1) is 12.4 Å². The van der Waals surface area contributed by atoms with E-state index in [1.54, 1.807) is 0 Å². The summed E-state index contributed by atoms with van der Waals surface area (Å²) in [6, 6.07) is 4.11. The molecule has 0 spiro atoms. The minimum atomic E-state index is -3.56. The number of sulfonamides is 1. The fourth-order valence-corrected chi connectivity index (χ4v) is 5.26. The molecular formula is C15H21BrClFN2O2S. The highest BCUT2D eigenvalue weighted by atomic mass is 79.9. The highest BCUT2D eigenvalue weighted by Gasteiger charge is 2.31. The van der Waals surface area contributed by atoms with Crippen molar-refractivity contribution in [1.29, 1.82) is 0 Å². The van der Waals surface area contributed by atoms with E-state index in [0.29, 0.717) is 19.1 Å². The van der Waals surface area contributed by atoms with Gasteiger partial charge in [0.1, 0.15) is 5.82 Å². The Morgan fingerprint density at radius 2 is 1.87 bits per heavy atom. The van der Waals surface area contributed by atoms with Crippen LogP contribution in [0.2, 0.25) is 0 Å². The van der Waals surface area contributed by atoms with E-state index in [9.17, 15) is 12.8 Å². The van der Waals surface area contributed by atoms with Crippen LogP contribution in [0, 0.1) is 11.7 Å². The zero-order chi connectivity index (χ0) is 15.7. The molecule has 0 bridgehead atoms. The topological polar surface area (TPSA) is 49.4 Å². The maximum Gasteiger partial charge on any atom is 0.244 e. The zero-order valence-electron chi connectivity index (χ0n) is 12.7. The van der Waals surface area contributed by atoms with Crippen LogP contribution in [0.25, 0.3) is 0 Å². The molecule has 0 radical (unpaired) electrons. The molecule has 1 aromatic carbocycles. The van der Waals surface area contributed by atoms with Crippen molar-refractivity contribution in [3.05, 3.63) is 28.5 Å². The maximum absolute atomic E-state index is 13.1. The molecule has 4 nitrogen and oxygen atoms in total. The third-order valence-electron chi connectivity index (χ3n) is 4.36. The van der Waals surface area contributed by atoms with Crippen molar-refractivity contribution in [2.45, 2.75) is 36.6 Å². The average molecular weight is 428 g/mol. The Labute approximate surface area is 151 Å². The first kappa shape index (κ1) is 19.1. The van der Waals surface area contributed by atoms with Gasteiger partial charge in [-0.3, -0.25) is 0 Å². The van der Waals surface area contributed by atoms with Gasteiger partial charge in [0, 0.05) is 23.6 Å². The second-order valence-electron chi connectivity index (χ2n) is 6.10. The van der Waals surface area contributed by atoms with Gasteiger partial charge in [0.2, 0.25) is 10.0 Å². The molecule has 8 heteroatoms. The summed E-state index contributed by atoms with van der Waals surface area (Å²) in [4.78, 5) is 0.137. The molecule has 1 aromatic rings. The Bertz CT molecular complexity index is 647. The number of halogens is 3. The lowest BCUT2D eigenvalue weighted by Gasteiger charge is -2.32. The molecule has 1 aliphatic carbocycles. The van der Waals surface area contributed by atoms with E-state index >= 15 is 0 Å². The Kier molecular flexibility index (Phi) is 6.47. The molecule has 2 aliphatic rings. The maximum atomic E-state index is 13.1. The molecule has 1 heterocycles. The molecule has 23 heavy (non-hydrogen) atoms. The second-order valence-corrected chi connectivity index (χ2v) is 8.87. The largest absolute Gasteiger partial charge is 0.314 e. The molecule has 1 aliphatic heterocycles. The number of hydrogen-bond acceptors (Lipinski definition) is 3. The first-order chi connectivity index (χ1) is 10.5. The van der Waals surface area contributed by atoms with Crippen molar-refractivity contribution in [2.75, 3.05) is 19.6 Å². The van der Waals surface area contributed by atoms with Crippen molar-refractivity contribution < 1.29 is 12.8 Å². The van der Waals surface area contributed by atoms with Crippen molar-refractivity contribution in [1.82, 2.24) is 9.62 Å². The zero-order valence-corrected chi connectivity index (χ0v) is 15.9. The number of piperidine rings is 1. The molecule has 1 saturated heterocycles. The molecule has 2 fully saturated rings. The van der Waals surface area contributed by atoms with Gasteiger partial charge in [-0.2, -0.15) is 4.31 Å². The van der Waals surface area contributed by atoms with Gasteiger partial charge in [0.15, 0.2) is 0 Å². The van der Waals surface area contributed by atoms with Gasteiger partial charge < -0.3 is 5.32 Å². The van der Waals surface area contributed by atoms with E-state index in [1.165, 1.54) is 35.3 Å². The van der Waals surface area contributed by atoms with Crippen LogP contribution in [-0.4, -0.2) is 38.4 Å². The third kappa shape index (κ3) is 4.66. The predicted octanol–water partition coefficient (Wildman–Crippen LogP) is 3.16. The second kappa shape index (κ2) is 7.78. The molecular weight excluding hydrogens is 407 g/mol. The molecule has 3 rings (SSSR count). The van der Waals surface area contributed by atoms with Crippen LogP contribution in [0.4, 0.5) is 4.39 Å². The fraction of sp³-hybridized carbons (Fsp3) is 0.600. The Hall–Kier alpha value is -0.210. The molecule has 1 saturated carbocycles. The summed E-state index contributed by atoms with van der Waals surface area (Å²) >= 11 is 3.15. The molecule has 0 atom stereocenters. The van der Waals surface area contributed by atoms with Gasteiger partial charge in [0.05, 0.1) is 4.90 Å². The van der Waals surface area contributed by atoms with Crippen LogP contribution < -0.4 is 5.32 Å². The summed E-state index contributed by atoms with van der Waals surface area (Å²) in [5.41, 5.74) is 0. The number of rotatable bonds is 5. The van der Waals surface area contributed by atoms with Crippen molar-refractivity contribution in [3.63, 3.8) is 0 Å². The summed E-state index contributed by atoms with van der Waals surface area (Å²) in [6.45, 7) is 2.07. The predicted molar refractivity (Wildman–Crippen MR) is 93.9 cm³/mol. The normalized spacial score (nSPS) is 20.3. The monoisotopic (exact) mass is 426 g/mol. The minimum Gasteiger partial charge on any atom is -0.314 e. The Balaban J connectivity index is 0.00000192. The van der Waals surface area contributed by atoms with Crippen LogP contribution >= 0.6 is 28.3 Å². The molecule has 130 valence electrons.